The zero-order valence-electron chi connectivity index (χ0n) is 8.46. The first-order chi connectivity index (χ1) is 6.69. The fraction of sp³-hybridized carbons (Fsp3) is 0.455. The fourth-order valence-corrected chi connectivity index (χ4v) is 1.39. The normalized spacial score (nSPS) is 12.6. The van der Waals surface area contributed by atoms with Crippen molar-refractivity contribution >= 4 is 0 Å². The van der Waals surface area contributed by atoms with Crippen LogP contribution in [-0.4, -0.2) is 12.2 Å². The number of benzene rings is 1. The Balaban J connectivity index is 2.95. The maximum absolute atomic E-state index is 12.8. The molecule has 3 heteroatoms. The quantitative estimate of drug-likeness (QED) is 0.806. The Bertz CT molecular complexity index is 299. The molecule has 1 unspecified atom stereocenters. The molecule has 0 saturated carbocycles. The van der Waals surface area contributed by atoms with Gasteiger partial charge in [-0.1, -0.05) is 13.3 Å². The van der Waals surface area contributed by atoms with Crippen LogP contribution in [0.15, 0.2) is 18.2 Å². The molecule has 1 aromatic rings. The van der Waals surface area contributed by atoms with Crippen LogP contribution in [0.3, 0.4) is 0 Å². The molecule has 0 aromatic heterocycles. The maximum Gasteiger partial charge on any atom is 0.127 e. The van der Waals surface area contributed by atoms with E-state index in [1.165, 1.54) is 19.2 Å². The molecule has 0 aliphatic carbocycles. The molecule has 2 nitrogen and oxygen atoms in total. The van der Waals surface area contributed by atoms with Crippen LogP contribution >= 0.6 is 0 Å². The van der Waals surface area contributed by atoms with Crippen molar-refractivity contribution in [3.8, 4) is 5.75 Å². The summed E-state index contributed by atoms with van der Waals surface area (Å²) in [5.41, 5.74) is 0.649. The van der Waals surface area contributed by atoms with E-state index in [0.29, 0.717) is 17.7 Å². The van der Waals surface area contributed by atoms with Gasteiger partial charge < -0.3 is 9.84 Å². The van der Waals surface area contributed by atoms with Crippen LogP contribution in [0.4, 0.5) is 4.39 Å². The predicted octanol–water partition coefficient (Wildman–Crippen LogP) is 2.67. The van der Waals surface area contributed by atoms with Crippen LogP contribution in [0.2, 0.25) is 0 Å². The molecule has 0 saturated heterocycles. The van der Waals surface area contributed by atoms with Crippen LogP contribution in [0.25, 0.3) is 0 Å². The number of aliphatic hydroxyl groups excluding tert-OH is 1. The van der Waals surface area contributed by atoms with Crippen molar-refractivity contribution in [3.63, 3.8) is 0 Å². The van der Waals surface area contributed by atoms with E-state index in [4.69, 9.17) is 4.74 Å². The number of aliphatic hydroxyl groups is 1. The number of halogens is 1. The highest BCUT2D eigenvalue weighted by molar-refractivity contribution is 5.35. The molecule has 1 rings (SSSR count). The first kappa shape index (κ1) is 11.0. The minimum Gasteiger partial charge on any atom is -0.496 e. The van der Waals surface area contributed by atoms with Crippen molar-refractivity contribution in [2.45, 2.75) is 25.9 Å². The average molecular weight is 198 g/mol. The average Bonchev–Trinajstić information content (AvgIpc) is 2.17. The Labute approximate surface area is 83.3 Å². The minimum atomic E-state index is -0.574. The fourth-order valence-electron chi connectivity index (χ4n) is 1.39. The Morgan fingerprint density at radius 2 is 2.21 bits per heavy atom. The van der Waals surface area contributed by atoms with E-state index >= 15 is 0 Å². The monoisotopic (exact) mass is 198 g/mol. The van der Waals surface area contributed by atoms with E-state index in [1.54, 1.807) is 6.07 Å². The molecular formula is C11H15FO2. The number of hydrogen-bond donors (Lipinski definition) is 1. The summed E-state index contributed by atoms with van der Waals surface area (Å²) in [6.07, 6.45) is 0.958. The SMILES string of the molecule is CCCC(O)c1ccc(F)cc1OC. The third-order valence-corrected chi connectivity index (χ3v) is 2.12. The standard InChI is InChI=1S/C11H15FO2/c1-3-4-10(13)9-6-5-8(12)7-11(9)14-2/h5-7,10,13H,3-4H2,1-2H3. The zero-order chi connectivity index (χ0) is 10.6. The van der Waals surface area contributed by atoms with E-state index in [1.807, 2.05) is 6.92 Å². The van der Waals surface area contributed by atoms with Crippen LogP contribution in [0, 0.1) is 5.82 Å². The lowest BCUT2D eigenvalue weighted by Crippen LogP contribution is -2.00. The zero-order valence-corrected chi connectivity index (χ0v) is 8.46. The summed E-state index contributed by atoms with van der Waals surface area (Å²) in [6.45, 7) is 1.99. The van der Waals surface area contributed by atoms with Crippen LogP contribution in [0.5, 0.6) is 5.75 Å². The van der Waals surface area contributed by atoms with E-state index in [-0.39, 0.29) is 5.82 Å². The molecule has 1 aromatic carbocycles. The Morgan fingerprint density at radius 3 is 2.79 bits per heavy atom. The predicted molar refractivity (Wildman–Crippen MR) is 52.8 cm³/mol. The van der Waals surface area contributed by atoms with E-state index in [9.17, 15) is 9.50 Å². The lowest BCUT2D eigenvalue weighted by Gasteiger charge is -2.13. The van der Waals surface area contributed by atoms with Gasteiger partial charge in [-0.05, 0) is 18.6 Å². The van der Waals surface area contributed by atoms with Gasteiger partial charge >= 0.3 is 0 Å². The summed E-state index contributed by atoms with van der Waals surface area (Å²) >= 11 is 0. The first-order valence-corrected chi connectivity index (χ1v) is 4.70. The van der Waals surface area contributed by atoms with E-state index in [0.717, 1.165) is 6.42 Å². The largest absolute Gasteiger partial charge is 0.496 e. The highest BCUT2D eigenvalue weighted by Gasteiger charge is 2.12. The molecular weight excluding hydrogens is 183 g/mol. The van der Waals surface area contributed by atoms with Gasteiger partial charge in [0, 0.05) is 11.6 Å². The van der Waals surface area contributed by atoms with Gasteiger partial charge in [0.2, 0.25) is 0 Å². The first-order valence-electron chi connectivity index (χ1n) is 4.70. The lowest BCUT2D eigenvalue weighted by molar-refractivity contribution is 0.162. The molecule has 0 radical (unpaired) electrons. The summed E-state index contributed by atoms with van der Waals surface area (Å²) in [5.74, 6) is 0.0558. The molecule has 0 aliphatic rings. The summed E-state index contributed by atoms with van der Waals surface area (Å²) in [5, 5.41) is 9.72. The van der Waals surface area contributed by atoms with Crippen LogP contribution in [-0.2, 0) is 0 Å². The van der Waals surface area contributed by atoms with Gasteiger partial charge in [0.15, 0.2) is 0 Å². The second kappa shape index (κ2) is 4.96. The lowest BCUT2D eigenvalue weighted by atomic mass is 10.0. The highest BCUT2D eigenvalue weighted by Crippen LogP contribution is 2.28. The number of methoxy groups -OCH3 is 1. The molecule has 14 heavy (non-hydrogen) atoms. The maximum atomic E-state index is 12.8. The van der Waals surface area contributed by atoms with Crippen molar-refractivity contribution < 1.29 is 14.2 Å². The molecule has 1 N–H and O–H groups in total. The van der Waals surface area contributed by atoms with Gasteiger partial charge in [0.1, 0.15) is 11.6 Å². The van der Waals surface area contributed by atoms with Crippen molar-refractivity contribution in [3.05, 3.63) is 29.6 Å². The Hall–Kier alpha value is -1.09. The van der Waals surface area contributed by atoms with Gasteiger partial charge in [0.25, 0.3) is 0 Å². The smallest absolute Gasteiger partial charge is 0.127 e. The third kappa shape index (κ3) is 2.45. The topological polar surface area (TPSA) is 29.5 Å². The molecule has 1 atom stereocenters. The van der Waals surface area contributed by atoms with E-state index < -0.39 is 6.10 Å². The van der Waals surface area contributed by atoms with Gasteiger partial charge in [-0.25, -0.2) is 4.39 Å². The van der Waals surface area contributed by atoms with Crippen molar-refractivity contribution in [1.82, 2.24) is 0 Å². The van der Waals surface area contributed by atoms with Crippen molar-refractivity contribution in [1.29, 1.82) is 0 Å². The summed E-state index contributed by atoms with van der Waals surface area (Å²) < 4.78 is 17.8. The Morgan fingerprint density at radius 1 is 1.50 bits per heavy atom. The van der Waals surface area contributed by atoms with Gasteiger partial charge in [0.05, 0.1) is 13.2 Å². The molecule has 0 fully saturated rings. The van der Waals surface area contributed by atoms with Crippen LogP contribution < -0.4 is 4.74 Å². The third-order valence-electron chi connectivity index (χ3n) is 2.12. The Kier molecular flexibility index (Phi) is 3.89. The number of hydrogen-bond acceptors (Lipinski definition) is 2. The molecule has 0 spiro atoms. The second-order valence-electron chi connectivity index (χ2n) is 3.19. The summed E-state index contributed by atoms with van der Waals surface area (Å²) in [7, 11) is 1.47. The van der Waals surface area contributed by atoms with Gasteiger partial charge in [-0.15, -0.1) is 0 Å². The van der Waals surface area contributed by atoms with E-state index in [2.05, 4.69) is 0 Å². The summed E-state index contributed by atoms with van der Waals surface area (Å²) in [6, 6.07) is 4.18. The van der Waals surface area contributed by atoms with Gasteiger partial charge in [-0.3, -0.25) is 0 Å². The minimum absolute atomic E-state index is 0.353. The molecule has 0 aliphatic heterocycles. The molecule has 0 amide bonds. The second-order valence-corrected chi connectivity index (χ2v) is 3.19. The summed E-state index contributed by atoms with van der Waals surface area (Å²) in [4.78, 5) is 0. The van der Waals surface area contributed by atoms with Gasteiger partial charge in [-0.2, -0.15) is 0 Å². The molecule has 0 bridgehead atoms. The highest BCUT2D eigenvalue weighted by atomic mass is 19.1. The molecule has 0 heterocycles. The number of ether oxygens (including phenoxy) is 1. The van der Waals surface area contributed by atoms with Crippen LogP contribution in [0.1, 0.15) is 31.4 Å². The van der Waals surface area contributed by atoms with Crippen molar-refractivity contribution in [2.24, 2.45) is 0 Å². The van der Waals surface area contributed by atoms with Crippen molar-refractivity contribution in [2.75, 3.05) is 7.11 Å². The molecule has 78 valence electrons. The number of rotatable bonds is 4.